The molecule has 7 heteroatoms. The Bertz CT molecular complexity index is 969. The number of likely N-dealkylation sites (tertiary alicyclic amines) is 1. The van der Waals surface area contributed by atoms with Crippen molar-refractivity contribution in [2.75, 3.05) is 40.0 Å². The van der Waals surface area contributed by atoms with Crippen LogP contribution in [0.15, 0.2) is 42.5 Å². The molecule has 1 atom stereocenters. The molecule has 2 aliphatic heterocycles. The standard InChI is InChI=1S/C27H34N2O5/c1-32-22-9-6-20(7-10-22)23(29-14-3-2-4-15-29)19-28-27(31)13-11-24(30)21-8-12-25-26(18-21)34-17-5-16-33-25/h6-10,12,18,23H,2-5,11,13-17,19H2,1H3,(H,28,31). The lowest BCUT2D eigenvalue weighted by molar-refractivity contribution is -0.121. The van der Waals surface area contributed by atoms with Gasteiger partial charge in [-0.1, -0.05) is 18.6 Å². The highest BCUT2D eigenvalue weighted by Gasteiger charge is 2.23. The van der Waals surface area contributed by atoms with Crippen LogP contribution in [-0.4, -0.2) is 56.5 Å². The Morgan fingerprint density at radius 3 is 2.41 bits per heavy atom. The van der Waals surface area contributed by atoms with Crippen LogP contribution in [0.2, 0.25) is 0 Å². The van der Waals surface area contributed by atoms with Gasteiger partial charge >= 0.3 is 0 Å². The van der Waals surface area contributed by atoms with Gasteiger partial charge in [-0.05, 0) is 61.8 Å². The van der Waals surface area contributed by atoms with Gasteiger partial charge in [0.25, 0.3) is 0 Å². The van der Waals surface area contributed by atoms with Gasteiger partial charge in [-0.15, -0.1) is 0 Å². The fourth-order valence-corrected chi connectivity index (χ4v) is 4.52. The van der Waals surface area contributed by atoms with Gasteiger partial charge in [-0.2, -0.15) is 0 Å². The first kappa shape index (κ1) is 24.1. The van der Waals surface area contributed by atoms with E-state index in [4.69, 9.17) is 14.2 Å². The van der Waals surface area contributed by atoms with E-state index >= 15 is 0 Å². The predicted octanol–water partition coefficient (Wildman–Crippen LogP) is 4.16. The molecule has 1 saturated heterocycles. The summed E-state index contributed by atoms with van der Waals surface area (Å²) in [6.45, 7) is 3.74. The second kappa shape index (κ2) is 11.9. The molecule has 2 aromatic carbocycles. The summed E-state index contributed by atoms with van der Waals surface area (Å²) in [7, 11) is 1.66. The van der Waals surface area contributed by atoms with Crippen LogP contribution in [0.3, 0.4) is 0 Å². The van der Waals surface area contributed by atoms with Crippen molar-refractivity contribution < 1.29 is 23.8 Å². The van der Waals surface area contributed by atoms with Crippen molar-refractivity contribution in [1.82, 2.24) is 10.2 Å². The number of hydrogen-bond donors (Lipinski definition) is 1. The Labute approximate surface area is 201 Å². The van der Waals surface area contributed by atoms with Crippen molar-refractivity contribution in [2.24, 2.45) is 0 Å². The number of hydrogen-bond acceptors (Lipinski definition) is 6. The van der Waals surface area contributed by atoms with E-state index in [1.807, 2.05) is 12.1 Å². The number of piperidine rings is 1. The van der Waals surface area contributed by atoms with Gasteiger partial charge in [-0.25, -0.2) is 0 Å². The van der Waals surface area contributed by atoms with Crippen LogP contribution in [0.4, 0.5) is 0 Å². The second-order valence-electron chi connectivity index (χ2n) is 8.82. The van der Waals surface area contributed by atoms with Gasteiger partial charge in [0, 0.05) is 31.4 Å². The number of ketones is 1. The second-order valence-corrected chi connectivity index (χ2v) is 8.82. The molecule has 0 bridgehead atoms. The van der Waals surface area contributed by atoms with E-state index in [0.29, 0.717) is 36.8 Å². The van der Waals surface area contributed by atoms with Crippen LogP contribution < -0.4 is 19.5 Å². The molecule has 4 rings (SSSR count). The van der Waals surface area contributed by atoms with Gasteiger partial charge in [0.2, 0.25) is 5.91 Å². The number of carbonyl (C=O) groups is 2. The quantitative estimate of drug-likeness (QED) is 0.559. The molecule has 2 aromatic rings. The molecule has 0 aliphatic carbocycles. The lowest BCUT2D eigenvalue weighted by Gasteiger charge is -2.35. The zero-order valence-corrected chi connectivity index (χ0v) is 19.9. The first-order valence-electron chi connectivity index (χ1n) is 12.2. The largest absolute Gasteiger partial charge is 0.497 e. The number of Topliss-reactive ketones (excluding diaryl/α,β-unsaturated/α-hetero) is 1. The summed E-state index contributed by atoms with van der Waals surface area (Å²) in [6.07, 6.45) is 4.72. The minimum absolute atomic E-state index is 0.0754. The van der Waals surface area contributed by atoms with Crippen molar-refractivity contribution >= 4 is 11.7 Å². The SMILES string of the molecule is COc1ccc(C(CNC(=O)CCC(=O)c2ccc3c(c2)OCCCO3)N2CCCCC2)cc1. The summed E-state index contributed by atoms with van der Waals surface area (Å²) < 4.78 is 16.6. The van der Waals surface area contributed by atoms with Crippen molar-refractivity contribution in [3.8, 4) is 17.2 Å². The fraction of sp³-hybridized carbons (Fsp3) is 0.481. The van der Waals surface area contributed by atoms with Gasteiger partial charge in [0.1, 0.15) is 5.75 Å². The zero-order chi connectivity index (χ0) is 23.8. The molecule has 34 heavy (non-hydrogen) atoms. The summed E-state index contributed by atoms with van der Waals surface area (Å²) in [6, 6.07) is 13.4. The summed E-state index contributed by atoms with van der Waals surface area (Å²) in [5, 5.41) is 3.06. The third-order valence-corrected chi connectivity index (χ3v) is 6.47. The lowest BCUT2D eigenvalue weighted by atomic mass is 10.0. The van der Waals surface area contributed by atoms with Crippen LogP contribution in [0.25, 0.3) is 0 Å². The van der Waals surface area contributed by atoms with E-state index in [1.54, 1.807) is 25.3 Å². The van der Waals surface area contributed by atoms with Crippen LogP contribution in [0.1, 0.15) is 60.5 Å². The number of nitrogens with zero attached hydrogens (tertiary/aromatic N) is 1. The molecular formula is C27H34N2O5. The van der Waals surface area contributed by atoms with Crippen LogP contribution in [0.5, 0.6) is 17.2 Å². The van der Waals surface area contributed by atoms with Crippen molar-refractivity contribution in [3.05, 3.63) is 53.6 Å². The highest BCUT2D eigenvalue weighted by molar-refractivity contribution is 5.98. The Morgan fingerprint density at radius 2 is 1.68 bits per heavy atom. The van der Waals surface area contributed by atoms with E-state index in [0.717, 1.165) is 30.8 Å². The van der Waals surface area contributed by atoms with Gasteiger partial charge in [0.05, 0.1) is 26.4 Å². The van der Waals surface area contributed by atoms with Crippen molar-refractivity contribution in [2.45, 2.75) is 44.6 Å². The number of methoxy groups -OCH3 is 1. The molecule has 7 nitrogen and oxygen atoms in total. The van der Waals surface area contributed by atoms with Crippen LogP contribution in [0, 0.1) is 0 Å². The monoisotopic (exact) mass is 466 g/mol. The van der Waals surface area contributed by atoms with E-state index in [9.17, 15) is 9.59 Å². The molecule has 0 spiro atoms. The average molecular weight is 467 g/mol. The first-order valence-corrected chi connectivity index (χ1v) is 12.2. The lowest BCUT2D eigenvalue weighted by Crippen LogP contribution is -2.40. The van der Waals surface area contributed by atoms with Crippen LogP contribution in [-0.2, 0) is 4.79 Å². The average Bonchev–Trinajstić information content (AvgIpc) is 3.13. The van der Waals surface area contributed by atoms with Gasteiger partial charge in [0.15, 0.2) is 17.3 Å². The highest BCUT2D eigenvalue weighted by atomic mass is 16.5. The number of ether oxygens (including phenoxy) is 3. The molecule has 182 valence electrons. The summed E-state index contributed by atoms with van der Waals surface area (Å²) >= 11 is 0. The summed E-state index contributed by atoms with van der Waals surface area (Å²) in [4.78, 5) is 27.8. The molecule has 1 amide bonds. The van der Waals surface area contributed by atoms with Crippen LogP contribution >= 0.6 is 0 Å². The Balaban J connectivity index is 1.32. The normalized spacial score (nSPS) is 16.9. The Morgan fingerprint density at radius 1 is 0.941 bits per heavy atom. The summed E-state index contributed by atoms with van der Waals surface area (Å²) in [5.74, 6) is 1.89. The zero-order valence-electron chi connectivity index (χ0n) is 19.9. The highest BCUT2D eigenvalue weighted by Crippen LogP contribution is 2.31. The topological polar surface area (TPSA) is 77.1 Å². The minimum atomic E-state index is -0.113. The molecule has 0 aromatic heterocycles. The third kappa shape index (κ3) is 6.29. The maximum Gasteiger partial charge on any atom is 0.220 e. The molecule has 1 N–H and O–H groups in total. The smallest absolute Gasteiger partial charge is 0.220 e. The number of fused-ring (bicyclic) bond motifs is 1. The van der Waals surface area contributed by atoms with E-state index in [2.05, 4.69) is 22.3 Å². The van der Waals surface area contributed by atoms with E-state index in [1.165, 1.54) is 19.3 Å². The maximum atomic E-state index is 12.7. The number of benzene rings is 2. The number of nitrogens with one attached hydrogen (secondary N) is 1. The summed E-state index contributed by atoms with van der Waals surface area (Å²) in [5.41, 5.74) is 1.70. The predicted molar refractivity (Wildman–Crippen MR) is 130 cm³/mol. The fourth-order valence-electron chi connectivity index (χ4n) is 4.52. The Kier molecular flexibility index (Phi) is 8.41. The molecule has 0 radical (unpaired) electrons. The minimum Gasteiger partial charge on any atom is -0.497 e. The molecule has 1 fully saturated rings. The third-order valence-electron chi connectivity index (χ3n) is 6.47. The molecule has 1 unspecified atom stereocenters. The number of rotatable bonds is 9. The van der Waals surface area contributed by atoms with Gasteiger partial charge in [-0.3, -0.25) is 14.5 Å². The molecular weight excluding hydrogens is 432 g/mol. The number of amides is 1. The molecule has 2 aliphatic rings. The molecule has 0 saturated carbocycles. The van der Waals surface area contributed by atoms with E-state index in [-0.39, 0.29) is 30.6 Å². The Hall–Kier alpha value is -3.06. The maximum absolute atomic E-state index is 12.7. The van der Waals surface area contributed by atoms with Crippen molar-refractivity contribution in [3.63, 3.8) is 0 Å². The molecule has 2 heterocycles. The van der Waals surface area contributed by atoms with Crippen molar-refractivity contribution in [1.29, 1.82) is 0 Å². The first-order chi connectivity index (χ1) is 16.6. The van der Waals surface area contributed by atoms with Gasteiger partial charge < -0.3 is 19.5 Å². The van der Waals surface area contributed by atoms with E-state index < -0.39 is 0 Å². The number of carbonyl (C=O) groups excluding carboxylic acids is 2.